The smallest absolute Gasteiger partial charge is 0.220 e. The van der Waals surface area contributed by atoms with Crippen molar-refractivity contribution in [2.45, 2.75) is 32.7 Å². The summed E-state index contributed by atoms with van der Waals surface area (Å²) in [5.74, 6) is 1.24. The summed E-state index contributed by atoms with van der Waals surface area (Å²) < 4.78 is 0. The van der Waals surface area contributed by atoms with E-state index in [2.05, 4.69) is 22.5 Å². The van der Waals surface area contributed by atoms with Crippen LogP contribution in [0.15, 0.2) is 24.5 Å². The second-order valence-electron chi connectivity index (χ2n) is 5.42. The van der Waals surface area contributed by atoms with E-state index in [0.717, 1.165) is 18.7 Å². The quantitative estimate of drug-likeness (QED) is 0.848. The van der Waals surface area contributed by atoms with Gasteiger partial charge in [0.05, 0.1) is 0 Å². The zero-order chi connectivity index (χ0) is 13.5. The number of hydrogen-bond acceptors (Lipinski definition) is 3. The van der Waals surface area contributed by atoms with E-state index in [4.69, 9.17) is 0 Å². The molecule has 2 heterocycles. The molecule has 1 saturated heterocycles. The number of pyridine rings is 1. The van der Waals surface area contributed by atoms with Crippen LogP contribution in [0.25, 0.3) is 0 Å². The maximum Gasteiger partial charge on any atom is 0.220 e. The first-order valence-electron chi connectivity index (χ1n) is 7.12. The lowest BCUT2D eigenvalue weighted by Crippen LogP contribution is -2.35. The molecule has 1 aromatic rings. The van der Waals surface area contributed by atoms with E-state index in [1.54, 1.807) is 12.4 Å². The summed E-state index contributed by atoms with van der Waals surface area (Å²) in [5, 5.41) is 6.39. The molecule has 0 radical (unpaired) electrons. The molecular weight excluding hydrogens is 238 g/mol. The van der Waals surface area contributed by atoms with Gasteiger partial charge in [-0.1, -0.05) is 6.92 Å². The highest BCUT2D eigenvalue weighted by Crippen LogP contribution is 2.22. The zero-order valence-electron chi connectivity index (χ0n) is 11.6. The molecule has 1 aliphatic rings. The average Bonchev–Trinajstić information content (AvgIpc) is 2.47. The Morgan fingerprint density at radius 3 is 3.00 bits per heavy atom. The van der Waals surface area contributed by atoms with Crippen molar-refractivity contribution >= 4 is 5.91 Å². The van der Waals surface area contributed by atoms with Crippen molar-refractivity contribution in [1.29, 1.82) is 0 Å². The summed E-state index contributed by atoms with van der Waals surface area (Å²) in [4.78, 5) is 15.9. The minimum Gasteiger partial charge on any atom is -0.352 e. The summed E-state index contributed by atoms with van der Waals surface area (Å²) in [5.41, 5.74) is 1.09. The topological polar surface area (TPSA) is 54.0 Å². The molecule has 1 fully saturated rings. The van der Waals surface area contributed by atoms with Gasteiger partial charge in [0.15, 0.2) is 0 Å². The first kappa shape index (κ1) is 14.0. The number of piperidine rings is 1. The maximum absolute atomic E-state index is 11.9. The lowest BCUT2D eigenvalue weighted by Gasteiger charge is -2.28. The Morgan fingerprint density at radius 1 is 1.53 bits per heavy atom. The number of carbonyl (C=O) groups excluding carboxylic acids is 1. The SMILES string of the molecule is CC(CC(=O)NCc1ccncc1)C1CCCNC1. The van der Waals surface area contributed by atoms with Gasteiger partial charge in [-0.05, 0) is 55.5 Å². The van der Waals surface area contributed by atoms with E-state index in [0.29, 0.717) is 24.8 Å². The predicted octanol–water partition coefficient (Wildman–Crippen LogP) is 1.72. The molecule has 2 atom stereocenters. The number of hydrogen-bond donors (Lipinski definition) is 2. The van der Waals surface area contributed by atoms with Crippen LogP contribution in [0.3, 0.4) is 0 Å². The second-order valence-corrected chi connectivity index (χ2v) is 5.42. The first-order valence-corrected chi connectivity index (χ1v) is 7.12. The van der Waals surface area contributed by atoms with Crippen LogP contribution in [-0.4, -0.2) is 24.0 Å². The molecule has 0 saturated carbocycles. The molecular formula is C15H23N3O. The third-order valence-corrected chi connectivity index (χ3v) is 3.89. The standard InChI is InChI=1S/C15H23N3O/c1-12(14-3-2-6-17-11-14)9-15(19)18-10-13-4-7-16-8-5-13/h4-5,7-8,12,14,17H,2-3,6,9-11H2,1H3,(H,18,19). The molecule has 0 bridgehead atoms. The summed E-state index contributed by atoms with van der Waals surface area (Å²) in [7, 11) is 0. The number of rotatable bonds is 5. The molecule has 2 unspecified atom stereocenters. The normalized spacial score (nSPS) is 20.8. The molecule has 2 rings (SSSR count). The number of nitrogens with one attached hydrogen (secondary N) is 2. The molecule has 1 aromatic heterocycles. The highest BCUT2D eigenvalue weighted by atomic mass is 16.1. The number of aromatic nitrogens is 1. The van der Waals surface area contributed by atoms with Crippen LogP contribution < -0.4 is 10.6 Å². The Labute approximate surface area is 115 Å². The van der Waals surface area contributed by atoms with E-state index in [9.17, 15) is 4.79 Å². The van der Waals surface area contributed by atoms with Crippen molar-refractivity contribution in [3.05, 3.63) is 30.1 Å². The summed E-state index contributed by atoms with van der Waals surface area (Å²) in [6.45, 7) is 4.96. The molecule has 0 spiro atoms. The molecule has 0 aliphatic carbocycles. The lowest BCUT2D eigenvalue weighted by atomic mass is 9.85. The Bertz CT molecular complexity index is 388. The van der Waals surface area contributed by atoms with Crippen LogP contribution in [0.5, 0.6) is 0 Å². The number of amides is 1. The van der Waals surface area contributed by atoms with E-state index in [-0.39, 0.29) is 5.91 Å². The van der Waals surface area contributed by atoms with Crippen LogP contribution in [-0.2, 0) is 11.3 Å². The van der Waals surface area contributed by atoms with Crippen LogP contribution in [0, 0.1) is 11.8 Å². The van der Waals surface area contributed by atoms with Crippen molar-refractivity contribution in [1.82, 2.24) is 15.6 Å². The lowest BCUT2D eigenvalue weighted by molar-refractivity contribution is -0.122. The molecule has 4 heteroatoms. The van der Waals surface area contributed by atoms with E-state index in [1.165, 1.54) is 12.8 Å². The van der Waals surface area contributed by atoms with Crippen LogP contribution >= 0.6 is 0 Å². The Hall–Kier alpha value is -1.42. The average molecular weight is 261 g/mol. The van der Waals surface area contributed by atoms with Crippen LogP contribution in [0.4, 0.5) is 0 Å². The summed E-state index contributed by atoms with van der Waals surface area (Å²) in [6.07, 6.45) is 6.59. The van der Waals surface area contributed by atoms with Crippen molar-refractivity contribution in [3.8, 4) is 0 Å². The highest BCUT2D eigenvalue weighted by Gasteiger charge is 2.21. The van der Waals surface area contributed by atoms with Crippen LogP contribution in [0.2, 0.25) is 0 Å². The maximum atomic E-state index is 11.9. The van der Waals surface area contributed by atoms with Crippen molar-refractivity contribution in [2.24, 2.45) is 11.8 Å². The van der Waals surface area contributed by atoms with Gasteiger partial charge in [0.25, 0.3) is 0 Å². The molecule has 1 amide bonds. The van der Waals surface area contributed by atoms with Gasteiger partial charge in [0.2, 0.25) is 5.91 Å². The van der Waals surface area contributed by atoms with Gasteiger partial charge in [0, 0.05) is 25.4 Å². The zero-order valence-corrected chi connectivity index (χ0v) is 11.6. The third-order valence-electron chi connectivity index (χ3n) is 3.89. The predicted molar refractivity (Wildman–Crippen MR) is 75.5 cm³/mol. The molecule has 4 nitrogen and oxygen atoms in total. The van der Waals surface area contributed by atoms with Gasteiger partial charge >= 0.3 is 0 Å². The summed E-state index contributed by atoms with van der Waals surface area (Å²) >= 11 is 0. The van der Waals surface area contributed by atoms with Gasteiger partial charge in [0.1, 0.15) is 0 Å². The van der Waals surface area contributed by atoms with E-state index >= 15 is 0 Å². The van der Waals surface area contributed by atoms with Crippen molar-refractivity contribution in [2.75, 3.05) is 13.1 Å². The fourth-order valence-electron chi connectivity index (χ4n) is 2.60. The molecule has 1 aliphatic heterocycles. The Kier molecular flexibility index (Phi) is 5.33. The van der Waals surface area contributed by atoms with Crippen molar-refractivity contribution in [3.63, 3.8) is 0 Å². The van der Waals surface area contributed by atoms with Crippen LogP contribution in [0.1, 0.15) is 31.7 Å². The van der Waals surface area contributed by atoms with Crippen molar-refractivity contribution < 1.29 is 4.79 Å². The first-order chi connectivity index (χ1) is 9.25. The molecule has 0 aromatic carbocycles. The van der Waals surface area contributed by atoms with E-state index in [1.807, 2.05) is 12.1 Å². The fraction of sp³-hybridized carbons (Fsp3) is 0.600. The number of nitrogens with zero attached hydrogens (tertiary/aromatic N) is 1. The second kappa shape index (κ2) is 7.24. The largest absolute Gasteiger partial charge is 0.352 e. The minimum atomic E-state index is 0.148. The Morgan fingerprint density at radius 2 is 2.32 bits per heavy atom. The number of carbonyl (C=O) groups is 1. The molecule has 104 valence electrons. The fourth-order valence-corrected chi connectivity index (χ4v) is 2.60. The Balaban J connectivity index is 1.71. The highest BCUT2D eigenvalue weighted by molar-refractivity contribution is 5.76. The monoisotopic (exact) mass is 261 g/mol. The summed E-state index contributed by atoms with van der Waals surface area (Å²) in [6, 6.07) is 3.85. The molecule has 19 heavy (non-hydrogen) atoms. The molecule has 2 N–H and O–H groups in total. The van der Waals surface area contributed by atoms with E-state index < -0.39 is 0 Å². The van der Waals surface area contributed by atoms with Gasteiger partial charge in [-0.25, -0.2) is 0 Å². The van der Waals surface area contributed by atoms with Gasteiger partial charge in [-0.3, -0.25) is 9.78 Å². The minimum absolute atomic E-state index is 0.148. The van der Waals surface area contributed by atoms with Gasteiger partial charge in [-0.2, -0.15) is 0 Å². The van der Waals surface area contributed by atoms with Gasteiger partial charge in [-0.15, -0.1) is 0 Å². The third kappa shape index (κ3) is 4.63. The van der Waals surface area contributed by atoms with Gasteiger partial charge < -0.3 is 10.6 Å².